The van der Waals surface area contributed by atoms with Gasteiger partial charge in [-0.25, -0.2) is 0 Å². The predicted octanol–water partition coefficient (Wildman–Crippen LogP) is 4.41. The van der Waals surface area contributed by atoms with Crippen LogP contribution in [-0.2, 0) is 6.18 Å². The Morgan fingerprint density at radius 3 is 2.20 bits per heavy atom. The van der Waals surface area contributed by atoms with Crippen LogP contribution in [-0.4, -0.2) is 4.92 Å². The minimum atomic E-state index is -4.68. The molecule has 7 heteroatoms. The molecule has 0 aliphatic heterocycles. The van der Waals surface area contributed by atoms with Crippen LogP contribution in [0.4, 0.5) is 18.9 Å². The van der Waals surface area contributed by atoms with E-state index in [-0.39, 0.29) is 5.75 Å². The number of nitro benzene ring substituents is 1. The third-order valence-corrected chi connectivity index (χ3v) is 2.41. The Kier molecular flexibility index (Phi) is 3.60. The normalized spacial score (nSPS) is 11.2. The zero-order valence-corrected chi connectivity index (χ0v) is 9.92. The van der Waals surface area contributed by atoms with Crippen molar-refractivity contribution in [3.63, 3.8) is 0 Å². The van der Waals surface area contributed by atoms with Crippen molar-refractivity contribution < 1.29 is 22.8 Å². The molecule has 104 valence electrons. The Hall–Kier alpha value is -2.57. The molecule has 0 radical (unpaired) electrons. The van der Waals surface area contributed by atoms with E-state index < -0.39 is 22.4 Å². The number of nitro groups is 1. The lowest BCUT2D eigenvalue weighted by atomic mass is 10.2. The molecular formula is C13H8F3NO3. The first-order chi connectivity index (χ1) is 9.36. The Bertz CT molecular complexity index is 627. The topological polar surface area (TPSA) is 52.4 Å². The van der Waals surface area contributed by atoms with Crippen LogP contribution in [0.5, 0.6) is 11.5 Å². The molecule has 0 saturated heterocycles. The second-order valence-corrected chi connectivity index (χ2v) is 3.89. The molecule has 2 aromatic rings. The Morgan fingerprint density at radius 2 is 1.65 bits per heavy atom. The van der Waals surface area contributed by atoms with Gasteiger partial charge in [0, 0.05) is 6.07 Å². The van der Waals surface area contributed by atoms with Gasteiger partial charge in [-0.05, 0) is 18.2 Å². The van der Waals surface area contributed by atoms with Crippen molar-refractivity contribution in [2.75, 3.05) is 0 Å². The van der Waals surface area contributed by atoms with Crippen LogP contribution in [0.3, 0.4) is 0 Å². The molecule has 0 fully saturated rings. The summed E-state index contributed by atoms with van der Waals surface area (Å²) in [5, 5.41) is 10.7. The van der Waals surface area contributed by atoms with Crippen molar-refractivity contribution in [1.29, 1.82) is 0 Å². The lowest BCUT2D eigenvalue weighted by Gasteiger charge is -2.10. The molecule has 0 aliphatic rings. The Morgan fingerprint density at radius 1 is 1.00 bits per heavy atom. The minimum Gasteiger partial charge on any atom is -0.457 e. The first-order valence-electron chi connectivity index (χ1n) is 5.46. The standard InChI is InChI=1S/C13H8F3NO3/c14-13(15,16)9-6-10(17(18)19)8-12(7-9)20-11-4-2-1-3-5-11/h1-8H. The number of halogens is 3. The smallest absolute Gasteiger partial charge is 0.416 e. The highest BCUT2D eigenvalue weighted by molar-refractivity contribution is 5.45. The van der Waals surface area contributed by atoms with E-state index >= 15 is 0 Å². The zero-order valence-electron chi connectivity index (χ0n) is 9.92. The fraction of sp³-hybridized carbons (Fsp3) is 0.0769. The summed E-state index contributed by atoms with van der Waals surface area (Å²) in [6, 6.07) is 10.2. The molecule has 0 atom stereocenters. The van der Waals surface area contributed by atoms with Crippen LogP contribution in [0, 0.1) is 10.1 Å². The first-order valence-corrected chi connectivity index (χ1v) is 5.46. The number of hydrogen-bond acceptors (Lipinski definition) is 3. The van der Waals surface area contributed by atoms with Crippen molar-refractivity contribution in [3.05, 3.63) is 64.2 Å². The summed E-state index contributed by atoms with van der Waals surface area (Å²) in [6.45, 7) is 0. The van der Waals surface area contributed by atoms with Gasteiger partial charge in [-0.15, -0.1) is 0 Å². The third kappa shape index (κ3) is 3.25. The maximum atomic E-state index is 12.7. The highest BCUT2D eigenvalue weighted by Crippen LogP contribution is 2.36. The maximum Gasteiger partial charge on any atom is 0.416 e. The highest BCUT2D eigenvalue weighted by atomic mass is 19.4. The first kappa shape index (κ1) is 13.9. The van der Waals surface area contributed by atoms with E-state index in [1.807, 2.05) is 0 Å². The molecule has 0 aromatic heterocycles. The SMILES string of the molecule is O=[N+]([O-])c1cc(Oc2ccccc2)cc(C(F)(F)F)c1. The average molecular weight is 283 g/mol. The van der Waals surface area contributed by atoms with E-state index in [2.05, 4.69) is 0 Å². The van der Waals surface area contributed by atoms with Crippen LogP contribution in [0.2, 0.25) is 0 Å². The van der Waals surface area contributed by atoms with Crippen molar-refractivity contribution in [1.82, 2.24) is 0 Å². The van der Waals surface area contributed by atoms with Crippen LogP contribution in [0.25, 0.3) is 0 Å². The van der Waals surface area contributed by atoms with Crippen molar-refractivity contribution in [2.45, 2.75) is 6.18 Å². The lowest BCUT2D eigenvalue weighted by Crippen LogP contribution is -2.06. The molecule has 4 nitrogen and oxygen atoms in total. The van der Waals surface area contributed by atoms with Gasteiger partial charge >= 0.3 is 6.18 Å². The van der Waals surface area contributed by atoms with E-state index in [1.54, 1.807) is 18.2 Å². The largest absolute Gasteiger partial charge is 0.457 e. The molecule has 20 heavy (non-hydrogen) atoms. The summed E-state index contributed by atoms with van der Waals surface area (Å²) >= 11 is 0. The molecule has 2 rings (SSSR count). The molecule has 0 bridgehead atoms. The zero-order chi connectivity index (χ0) is 14.8. The number of para-hydroxylation sites is 1. The fourth-order valence-electron chi connectivity index (χ4n) is 1.54. The van der Waals surface area contributed by atoms with Crippen molar-refractivity contribution in [2.24, 2.45) is 0 Å². The second-order valence-electron chi connectivity index (χ2n) is 3.89. The molecule has 0 spiro atoms. The van der Waals surface area contributed by atoms with Crippen molar-refractivity contribution in [3.8, 4) is 11.5 Å². The van der Waals surface area contributed by atoms with Gasteiger partial charge in [0.15, 0.2) is 0 Å². The van der Waals surface area contributed by atoms with Gasteiger partial charge in [0.25, 0.3) is 5.69 Å². The van der Waals surface area contributed by atoms with Crippen LogP contribution < -0.4 is 4.74 Å². The summed E-state index contributed by atoms with van der Waals surface area (Å²) in [5.74, 6) is 0.0545. The van der Waals surface area contributed by atoms with E-state index in [9.17, 15) is 23.3 Å². The monoisotopic (exact) mass is 283 g/mol. The number of non-ortho nitro benzene ring substituents is 1. The van der Waals surface area contributed by atoms with Crippen LogP contribution in [0.1, 0.15) is 5.56 Å². The molecule has 2 aromatic carbocycles. The van der Waals surface area contributed by atoms with E-state index in [1.165, 1.54) is 12.1 Å². The summed E-state index contributed by atoms with van der Waals surface area (Å²) in [5.41, 5.74) is -1.80. The summed E-state index contributed by atoms with van der Waals surface area (Å²) in [7, 11) is 0. The summed E-state index contributed by atoms with van der Waals surface area (Å²) in [6.07, 6.45) is -4.68. The highest BCUT2D eigenvalue weighted by Gasteiger charge is 2.33. The number of ether oxygens (including phenoxy) is 1. The van der Waals surface area contributed by atoms with Gasteiger partial charge in [-0.1, -0.05) is 18.2 Å². The minimum absolute atomic E-state index is 0.238. The average Bonchev–Trinajstić information content (AvgIpc) is 2.38. The number of benzene rings is 2. The predicted molar refractivity (Wildman–Crippen MR) is 64.6 cm³/mol. The van der Waals surface area contributed by atoms with Gasteiger partial charge in [0.1, 0.15) is 11.5 Å². The molecule has 0 saturated carbocycles. The summed E-state index contributed by atoms with van der Waals surface area (Å²) in [4.78, 5) is 9.77. The maximum absolute atomic E-state index is 12.7. The summed E-state index contributed by atoms with van der Waals surface area (Å²) < 4.78 is 43.2. The Balaban J connectivity index is 2.42. The van der Waals surface area contributed by atoms with Crippen LogP contribution >= 0.6 is 0 Å². The van der Waals surface area contributed by atoms with Gasteiger partial charge in [-0.3, -0.25) is 10.1 Å². The van der Waals surface area contributed by atoms with Gasteiger partial charge in [0.05, 0.1) is 16.6 Å². The fourth-order valence-corrected chi connectivity index (χ4v) is 1.54. The molecular weight excluding hydrogens is 275 g/mol. The molecule has 0 aliphatic carbocycles. The molecule has 0 heterocycles. The number of rotatable bonds is 3. The Labute approximate surface area is 111 Å². The van der Waals surface area contributed by atoms with E-state index in [0.717, 1.165) is 12.1 Å². The van der Waals surface area contributed by atoms with Crippen molar-refractivity contribution >= 4 is 5.69 Å². The molecule has 0 amide bonds. The van der Waals surface area contributed by atoms with Gasteiger partial charge in [-0.2, -0.15) is 13.2 Å². The van der Waals surface area contributed by atoms with Gasteiger partial charge in [0.2, 0.25) is 0 Å². The quantitative estimate of drug-likeness (QED) is 0.619. The van der Waals surface area contributed by atoms with E-state index in [4.69, 9.17) is 4.74 Å². The number of nitrogens with zero attached hydrogens (tertiary/aromatic N) is 1. The third-order valence-electron chi connectivity index (χ3n) is 2.41. The van der Waals surface area contributed by atoms with Crippen LogP contribution in [0.15, 0.2) is 48.5 Å². The number of hydrogen-bond donors (Lipinski definition) is 0. The lowest BCUT2D eigenvalue weighted by molar-refractivity contribution is -0.385. The molecule has 0 unspecified atom stereocenters. The van der Waals surface area contributed by atoms with Gasteiger partial charge < -0.3 is 4.74 Å². The second kappa shape index (κ2) is 5.20. The van der Waals surface area contributed by atoms with E-state index in [0.29, 0.717) is 11.8 Å². The number of alkyl halides is 3. The molecule has 0 N–H and O–H groups in total.